The molecule has 2 aromatic heterocycles. The largest absolute Gasteiger partial charge is 0.472 e. The van der Waals surface area contributed by atoms with Crippen LogP contribution in [0.3, 0.4) is 0 Å². The van der Waals surface area contributed by atoms with Crippen LogP contribution in [0, 0.1) is 0 Å². The molecule has 0 amide bonds. The molecule has 3 rings (SSSR count). The van der Waals surface area contributed by atoms with E-state index in [1.165, 1.54) is 0 Å². The molecule has 0 aromatic carbocycles. The molecular formula is C11H12N2O2S. The zero-order valence-electron chi connectivity index (χ0n) is 8.68. The van der Waals surface area contributed by atoms with Crippen LogP contribution in [0.1, 0.15) is 11.7 Å². The van der Waals surface area contributed by atoms with Gasteiger partial charge in [-0.05, 0) is 6.07 Å². The second-order valence-electron chi connectivity index (χ2n) is 3.67. The summed E-state index contributed by atoms with van der Waals surface area (Å²) in [7, 11) is 0. The summed E-state index contributed by atoms with van der Waals surface area (Å²) >= 11 is 1.63. The minimum atomic E-state index is 0.227. The van der Waals surface area contributed by atoms with Crippen LogP contribution in [0.2, 0.25) is 0 Å². The highest BCUT2D eigenvalue weighted by Crippen LogP contribution is 2.27. The number of rotatable bonds is 2. The van der Waals surface area contributed by atoms with Gasteiger partial charge < -0.3 is 14.5 Å². The predicted molar refractivity (Wildman–Crippen MR) is 61.4 cm³/mol. The van der Waals surface area contributed by atoms with Gasteiger partial charge >= 0.3 is 0 Å². The molecular weight excluding hydrogens is 224 g/mol. The van der Waals surface area contributed by atoms with Gasteiger partial charge in [-0.1, -0.05) is 0 Å². The first-order chi connectivity index (χ1) is 7.93. The molecule has 1 atom stereocenters. The van der Waals surface area contributed by atoms with E-state index in [2.05, 4.69) is 15.7 Å². The molecule has 1 aliphatic heterocycles. The van der Waals surface area contributed by atoms with Crippen molar-refractivity contribution in [1.29, 1.82) is 0 Å². The molecule has 1 aliphatic rings. The zero-order chi connectivity index (χ0) is 10.8. The Morgan fingerprint density at radius 2 is 2.50 bits per heavy atom. The molecule has 0 bridgehead atoms. The number of aromatic nitrogens is 1. The van der Waals surface area contributed by atoms with Gasteiger partial charge in [-0.25, -0.2) is 4.98 Å². The van der Waals surface area contributed by atoms with E-state index in [1.54, 1.807) is 23.9 Å². The molecule has 0 saturated carbocycles. The van der Waals surface area contributed by atoms with Gasteiger partial charge in [-0.2, -0.15) is 0 Å². The summed E-state index contributed by atoms with van der Waals surface area (Å²) in [4.78, 5) is 4.59. The van der Waals surface area contributed by atoms with E-state index >= 15 is 0 Å². The van der Waals surface area contributed by atoms with Crippen LogP contribution in [0.15, 0.2) is 28.4 Å². The highest BCUT2D eigenvalue weighted by molar-refractivity contribution is 7.13. The van der Waals surface area contributed by atoms with Crippen LogP contribution in [0.5, 0.6) is 0 Å². The van der Waals surface area contributed by atoms with Crippen molar-refractivity contribution in [1.82, 2.24) is 10.3 Å². The lowest BCUT2D eigenvalue weighted by Gasteiger charge is -2.21. The SMILES string of the molecule is c1cc(-c2nc(C3COCCN3)cs2)co1. The van der Waals surface area contributed by atoms with Gasteiger partial charge in [0.05, 0.1) is 31.2 Å². The highest BCUT2D eigenvalue weighted by Gasteiger charge is 2.18. The van der Waals surface area contributed by atoms with Crippen LogP contribution in [-0.4, -0.2) is 24.7 Å². The smallest absolute Gasteiger partial charge is 0.126 e. The number of hydrogen-bond donors (Lipinski definition) is 1. The topological polar surface area (TPSA) is 47.3 Å². The Labute approximate surface area is 97.3 Å². The molecule has 4 nitrogen and oxygen atoms in total. The second kappa shape index (κ2) is 4.37. The highest BCUT2D eigenvalue weighted by atomic mass is 32.1. The minimum absolute atomic E-state index is 0.227. The molecule has 2 aromatic rings. The minimum Gasteiger partial charge on any atom is -0.472 e. The third-order valence-corrected chi connectivity index (χ3v) is 3.48. The van der Waals surface area contributed by atoms with E-state index in [0.29, 0.717) is 6.61 Å². The van der Waals surface area contributed by atoms with Crippen molar-refractivity contribution in [2.45, 2.75) is 6.04 Å². The Kier molecular flexibility index (Phi) is 2.73. The Hall–Kier alpha value is -1.17. The zero-order valence-corrected chi connectivity index (χ0v) is 9.50. The molecule has 0 spiro atoms. The summed E-state index contributed by atoms with van der Waals surface area (Å²) in [5, 5.41) is 6.46. The van der Waals surface area contributed by atoms with E-state index in [-0.39, 0.29) is 6.04 Å². The molecule has 0 radical (unpaired) electrons. The number of ether oxygens (including phenoxy) is 1. The van der Waals surface area contributed by atoms with Crippen molar-refractivity contribution in [2.24, 2.45) is 0 Å². The maximum atomic E-state index is 5.42. The van der Waals surface area contributed by atoms with E-state index in [9.17, 15) is 0 Å². The van der Waals surface area contributed by atoms with Crippen molar-refractivity contribution in [3.05, 3.63) is 29.7 Å². The Morgan fingerprint density at radius 3 is 3.25 bits per heavy atom. The summed E-state index contributed by atoms with van der Waals surface area (Å²) in [6.07, 6.45) is 3.38. The first-order valence-electron chi connectivity index (χ1n) is 5.22. The predicted octanol–water partition coefficient (Wildman–Crippen LogP) is 2.06. The van der Waals surface area contributed by atoms with Gasteiger partial charge in [0.2, 0.25) is 0 Å². The fourth-order valence-electron chi connectivity index (χ4n) is 1.72. The summed E-state index contributed by atoms with van der Waals surface area (Å²) in [6, 6.07) is 2.15. The van der Waals surface area contributed by atoms with Gasteiger partial charge in [-0.3, -0.25) is 0 Å². The maximum absolute atomic E-state index is 5.42. The molecule has 84 valence electrons. The number of thiazole rings is 1. The first-order valence-corrected chi connectivity index (χ1v) is 6.10. The summed E-state index contributed by atoms with van der Waals surface area (Å²) < 4.78 is 10.5. The van der Waals surface area contributed by atoms with Crippen LogP contribution < -0.4 is 5.32 Å². The van der Waals surface area contributed by atoms with Crippen molar-refractivity contribution in [3.63, 3.8) is 0 Å². The molecule has 5 heteroatoms. The van der Waals surface area contributed by atoms with Crippen LogP contribution in [-0.2, 0) is 4.74 Å². The van der Waals surface area contributed by atoms with E-state index in [0.717, 1.165) is 29.4 Å². The van der Waals surface area contributed by atoms with Gasteiger partial charge in [0.1, 0.15) is 11.3 Å². The lowest BCUT2D eigenvalue weighted by Crippen LogP contribution is -2.34. The normalized spacial score (nSPS) is 21.1. The lowest BCUT2D eigenvalue weighted by molar-refractivity contribution is 0.0758. The molecule has 1 N–H and O–H groups in total. The fraction of sp³-hybridized carbons (Fsp3) is 0.364. The van der Waals surface area contributed by atoms with Gasteiger partial charge in [-0.15, -0.1) is 11.3 Å². The second-order valence-corrected chi connectivity index (χ2v) is 4.53. The Bertz CT molecular complexity index is 446. The molecule has 1 saturated heterocycles. The molecule has 3 heterocycles. The first kappa shape index (κ1) is 10.0. The van der Waals surface area contributed by atoms with Gasteiger partial charge in [0, 0.05) is 17.5 Å². The monoisotopic (exact) mass is 236 g/mol. The number of morpholine rings is 1. The average molecular weight is 236 g/mol. The molecule has 1 fully saturated rings. The maximum Gasteiger partial charge on any atom is 0.126 e. The quantitative estimate of drug-likeness (QED) is 0.867. The fourth-order valence-corrected chi connectivity index (χ4v) is 2.58. The number of hydrogen-bond acceptors (Lipinski definition) is 5. The third kappa shape index (κ3) is 1.89. The Balaban J connectivity index is 1.82. The van der Waals surface area contributed by atoms with Crippen LogP contribution in [0.25, 0.3) is 10.6 Å². The van der Waals surface area contributed by atoms with Crippen LogP contribution >= 0.6 is 11.3 Å². The summed E-state index contributed by atoms with van der Waals surface area (Å²) in [6.45, 7) is 2.38. The number of nitrogens with zero attached hydrogens (tertiary/aromatic N) is 1. The molecule has 1 unspecified atom stereocenters. The summed E-state index contributed by atoms with van der Waals surface area (Å²) in [5.41, 5.74) is 2.09. The number of furan rings is 1. The lowest BCUT2D eigenvalue weighted by atomic mass is 10.2. The van der Waals surface area contributed by atoms with Gasteiger partial charge in [0.25, 0.3) is 0 Å². The average Bonchev–Trinajstić information content (AvgIpc) is 3.01. The summed E-state index contributed by atoms with van der Waals surface area (Å²) in [5.74, 6) is 0. The van der Waals surface area contributed by atoms with E-state index < -0.39 is 0 Å². The van der Waals surface area contributed by atoms with Crippen molar-refractivity contribution >= 4 is 11.3 Å². The van der Waals surface area contributed by atoms with Gasteiger partial charge in [0.15, 0.2) is 0 Å². The van der Waals surface area contributed by atoms with Crippen LogP contribution in [0.4, 0.5) is 0 Å². The standard InChI is InChI=1S/C11H12N2O2S/c1-3-14-5-8(1)11-13-10(7-16-11)9-6-15-4-2-12-9/h1,3,5,7,9,12H,2,4,6H2. The van der Waals surface area contributed by atoms with Crippen molar-refractivity contribution in [3.8, 4) is 10.6 Å². The van der Waals surface area contributed by atoms with E-state index in [4.69, 9.17) is 9.15 Å². The number of nitrogens with one attached hydrogen (secondary N) is 1. The van der Waals surface area contributed by atoms with E-state index in [1.807, 2.05) is 6.07 Å². The van der Waals surface area contributed by atoms with Crippen molar-refractivity contribution in [2.75, 3.05) is 19.8 Å². The Morgan fingerprint density at radius 1 is 1.50 bits per heavy atom. The molecule has 16 heavy (non-hydrogen) atoms. The van der Waals surface area contributed by atoms with Crippen molar-refractivity contribution < 1.29 is 9.15 Å². The third-order valence-electron chi connectivity index (χ3n) is 2.57. The molecule has 0 aliphatic carbocycles.